The summed E-state index contributed by atoms with van der Waals surface area (Å²) in [5.74, 6) is 1.12. The van der Waals surface area contributed by atoms with Crippen molar-refractivity contribution in [1.82, 2.24) is 19.8 Å². The summed E-state index contributed by atoms with van der Waals surface area (Å²) >= 11 is 1.69. The fourth-order valence-corrected chi connectivity index (χ4v) is 5.78. The summed E-state index contributed by atoms with van der Waals surface area (Å²) in [7, 11) is 2.15. The van der Waals surface area contributed by atoms with Crippen LogP contribution in [0.15, 0.2) is 53.4 Å². The lowest BCUT2D eigenvalue weighted by Crippen LogP contribution is -2.50. The molecule has 5 rings (SSSR count). The summed E-state index contributed by atoms with van der Waals surface area (Å²) in [4.78, 5) is 27.6. The van der Waals surface area contributed by atoms with Gasteiger partial charge in [0.05, 0.1) is 12.2 Å². The van der Waals surface area contributed by atoms with E-state index in [0.717, 1.165) is 37.2 Å². The Balaban J connectivity index is 1.34. The number of carbonyl (C=O) groups excluding carboxylic acids is 1. The molecule has 1 fully saturated rings. The number of hydrogen-bond donors (Lipinski definition) is 1. The van der Waals surface area contributed by atoms with Gasteiger partial charge in [0.15, 0.2) is 0 Å². The van der Waals surface area contributed by atoms with Gasteiger partial charge in [-0.1, -0.05) is 30.3 Å². The van der Waals surface area contributed by atoms with Crippen molar-refractivity contribution < 1.29 is 4.79 Å². The summed E-state index contributed by atoms with van der Waals surface area (Å²) in [5, 5.41) is 7.52. The molecule has 0 spiro atoms. The highest BCUT2D eigenvalue weighted by molar-refractivity contribution is 7.07. The van der Waals surface area contributed by atoms with Crippen LogP contribution in [0.5, 0.6) is 0 Å². The van der Waals surface area contributed by atoms with E-state index >= 15 is 0 Å². The van der Waals surface area contributed by atoms with E-state index in [1.807, 2.05) is 12.3 Å². The third-order valence-corrected chi connectivity index (χ3v) is 7.73. The number of fused-ring (bicyclic) bond motifs is 1. The zero-order valence-corrected chi connectivity index (χ0v) is 20.1. The molecule has 6 nitrogen and oxygen atoms in total. The predicted molar refractivity (Wildman–Crippen MR) is 132 cm³/mol. The molecule has 2 aliphatic heterocycles. The van der Waals surface area contributed by atoms with Crippen LogP contribution < -0.4 is 5.32 Å². The lowest BCUT2D eigenvalue weighted by atomic mass is 9.79. The van der Waals surface area contributed by atoms with E-state index in [1.165, 1.54) is 11.1 Å². The average molecular weight is 462 g/mol. The fourth-order valence-electron chi connectivity index (χ4n) is 5.11. The SMILES string of the molecule is C[C@@H]1Cc2cnc(NCc3ccsc3)nc2CN1C(=O)[C@H]1CCN(C)C[C@@H]1c1ccccc1. The molecule has 1 saturated heterocycles. The first-order valence-corrected chi connectivity index (χ1v) is 12.7. The van der Waals surface area contributed by atoms with Gasteiger partial charge in [0.25, 0.3) is 0 Å². The van der Waals surface area contributed by atoms with Crippen molar-refractivity contribution in [2.75, 3.05) is 25.5 Å². The zero-order valence-electron chi connectivity index (χ0n) is 19.3. The summed E-state index contributed by atoms with van der Waals surface area (Å²) in [6.45, 7) is 5.28. The van der Waals surface area contributed by atoms with E-state index in [4.69, 9.17) is 4.98 Å². The standard InChI is InChI=1S/C26H31N5OS/c1-18-12-21-14-28-26(27-13-19-9-11-33-17-19)29-24(21)16-31(18)25(32)22-8-10-30(2)15-23(22)20-6-4-3-5-7-20/h3-7,9,11,14,17-18,22-23H,8,10,12-13,15-16H2,1-2H3,(H,27,28,29)/t18-,22+,23-/m1/s1. The van der Waals surface area contributed by atoms with Crippen molar-refractivity contribution in [1.29, 1.82) is 0 Å². The molecule has 0 bridgehead atoms. The van der Waals surface area contributed by atoms with Gasteiger partial charge in [-0.3, -0.25) is 4.79 Å². The van der Waals surface area contributed by atoms with Crippen molar-refractivity contribution in [3.05, 3.63) is 75.7 Å². The second kappa shape index (κ2) is 9.61. The monoisotopic (exact) mass is 461 g/mol. The van der Waals surface area contributed by atoms with Crippen molar-refractivity contribution >= 4 is 23.2 Å². The number of nitrogens with one attached hydrogen (secondary N) is 1. The minimum absolute atomic E-state index is 0.00521. The van der Waals surface area contributed by atoms with Crippen LogP contribution in [0.2, 0.25) is 0 Å². The van der Waals surface area contributed by atoms with Gasteiger partial charge in [-0.15, -0.1) is 0 Å². The maximum atomic E-state index is 13.9. The molecule has 1 amide bonds. The normalized spacial score (nSPS) is 23.2. The van der Waals surface area contributed by atoms with Gasteiger partial charge in [0.2, 0.25) is 11.9 Å². The lowest BCUT2D eigenvalue weighted by molar-refractivity contribution is -0.141. The molecule has 4 heterocycles. The van der Waals surface area contributed by atoms with Crippen LogP contribution in [-0.2, 0) is 24.3 Å². The summed E-state index contributed by atoms with van der Waals surface area (Å²) in [6, 6.07) is 12.8. The van der Waals surface area contributed by atoms with Crippen LogP contribution in [-0.4, -0.2) is 51.9 Å². The molecule has 172 valence electrons. The second-order valence-electron chi connectivity index (χ2n) is 9.34. The zero-order chi connectivity index (χ0) is 22.8. The quantitative estimate of drug-likeness (QED) is 0.618. The number of benzene rings is 1. The first-order chi connectivity index (χ1) is 16.1. The minimum atomic E-state index is 0.00521. The van der Waals surface area contributed by atoms with Crippen LogP contribution in [0, 0.1) is 5.92 Å². The second-order valence-corrected chi connectivity index (χ2v) is 10.1. The van der Waals surface area contributed by atoms with Gasteiger partial charge in [-0.2, -0.15) is 11.3 Å². The number of nitrogens with zero attached hydrogens (tertiary/aromatic N) is 4. The maximum Gasteiger partial charge on any atom is 0.227 e. The van der Waals surface area contributed by atoms with Gasteiger partial charge in [0, 0.05) is 37.2 Å². The number of thiophene rings is 1. The van der Waals surface area contributed by atoms with E-state index in [0.29, 0.717) is 19.0 Å². The Kier molecular flexibility index (Phi) is 6.42. The van der Waals surface area contributed by atoms with Crippen molar-refractivity contribution in [3.63, 3.8) is 0 Å². The molecular formula is C26H31N5OS. The number of likely N-dealkylation sites (N-methyl/N-ethyl adjacent to an activating group) is 1. The highest BCUT2D eigenvalue weighted by Gasteiger charge is 2.39. The number of piperidine rings is 1. The highest BCUT2D eigenvalue weighted by atomic mass is 32.1. The third kappa shape index (κ3) is 4.80. The van der Waals surface area contributed by atoms with Crippen molar-refractivity contribution in [3.8, 4) is 0 Å². The average Bonchev–Trinajstić information content (AvgIpc) is 3.36. The Morgan fingerprint density at radius 2 is 2.09 bits per heavy atom. The van der Waals surface area contributed by atoms with E-state index in [9.17, 15) is 4.79 Å². The van der Waals surface area contributed by atoms with E-state index in [1.54, 1.807) is 11.3 Å². The Hall–Kier alpha value is -2.77. The Morgan fingerprint density at radius 3 is 2.88 bits per heavy atom. The lowest BCUT2D eigenvalue weighted by Gasteiger charge is -2.42. The Morgan fingerprint density at radius 1 is 1.24 bits per heavy atom. The molecule has 2 aliphatic rings. The number of anilines is 1. The molecule has 2 aromatic heterocycles. The summed E-state index contributed by atoms with van der Waals surface area (Å²) in [5.41, 5.74) is 4.60. The van der Waals surface area contributed by atoms with Crippen LogP contribution in [0.25, 0.3) is 0 Å². The molecule has 0 unspecified atom stereocenters. The molecule has 7 heteroatoms. The van der Waals surface area contributed by atoms with Gasteiger partial charge in [-0.25, -0.2) is 9.97 Å². The number of rotatable bonds is 5. The molecule has 1 aromatic carbocycles. The highest BCUT2D eigenvalue weighted by Crippen LogP contribution is 2.35. The van der Waals surface area contributed by atoms with Gasteiger partial charge >= 0.3 is 0 Å². The first kappa shape index (κ1) is 22.0. The topological polar surface area (TPSA) is 61.4 Å². The number of hydrogen-bond acceptors (Lipinski definition) is 6. The molecule has 0 saturated carbocycles. The van der Waals surface area contributed by atoms with E-state index in [2.05, 4.69) is 75.2 Å². The number of carbonyl (C=O) groups is 1. The van der Waals surface area contributed by atoms with Crippen LogP contribution in [0.3, 0.4) is 0 Å². The van der Waals surface area contributed by atoms with Crippen LogP contribution in [0.4, 0.5) is 5.95 Å². The van der Waals surface area contributed by atoms with Gasteiger partial charge in [-0.05, 0) is 66.9 Å². The van der Waals surface area contributed by atoms with E-state index in [-0.39, 0.29) is 23.8 Å². The predicted octanol–water partition coefficient (Wildman–Crippen LogP) is 4.16. The number of amides is 1. The van der Waals surface area contributed by atoms with Crippen LogP contribution in [0.1, 0.15) is 41.6 Å². The van der Waals surface area contributed by atoms with Crippen molar-refractivity contribution in [2.24, 2.45) is 5.92 Å². The Labute approximate surface area is 199 Å². The molecule has 33 heavy (non-hydrogen) atoms. The van der Waals surface area contributed by atoms with E-state index < -0.39 is 0 Å². The van der Waals surface area contributed by atoms with Crippen molar-refractivity contribution in [2.45, 2.75) is 44.8 Å². The van der Waals surface area contributed by atoms with Gasteiger partial charge in [0.1, 0.15) is 0 Å². The first-order valence-electron chi connectivity index (χ1n) is 11.7. The molecule has 3 atom stereocenters. The molecule has 1 N–H and O–H groups in total. The smallest absolute Gasteiger partial charge is 0.227 e. The molecule has 0 radical (unpaired) electrons. The summed E-state index contributed by atoms with van der Waals surface area (Å²) < 4.78 is 0. The molecule has 3 aromatic rings. The Bertz CT molecular complexity index is 1090. The maximum absolute atomic E-state index is 13.9. The van der Waals surface area contributed by atoms with Gasteiger partial charge < -0.3 is 15.1 Å². The molecular weight excluding hydrogens is 430 g/mol. The third-order valence-electron chi connectivity index (χ3n) is 7.00. The summed E-state index contributed by atoms with van der Waals surface area (Å²) in [6.07, 6.45) is 3.62. The largest absolute Gasteiger partial charge is 0.350 e. The minimum Gasteiger partial charge on any atom is -0.350 e. The number of aromatic nitrogens is 2. The molecule has 0 aliphatic carbocycles. The number of likely N-dealkylation sites (tertiary alicyclic amines) is 1. The van der Waals surface area contributed by atoms with Crippen LogP contribution >= 0.6 is 11.3 Å². The fraction of sp³-hybridized carbons (Fsp3) is 0.423.